The Morgan fingerprint density at radius 3 is 2.55 bits per heavy atom. The first kappa shape index (κ1) is 15.9. The fourth-order valence-electron chi connectivity index (χ4n) is 1.96. The predicted octanol–water partition coefficient (Wildman–Crippen LogP) is 3.23. The van der Waals surface area contributed by atoms with Gasteiger partial charge in [0.15, 0.2) is 0 Å². The Balaban J connectivity index is 1.97. The average molecular weight is 298 g/mol. The highest BCUT2D eigenvalue weighted by atomic mass is 16.5. The largest absolute Gasteiger partial charge is 0.491 e. The number of ether oxygens (including phenoxy) is 1. The van der Waals surface area contributed by atoms with Gasteiger partial charge in [0.2, 0.25) is 0 Å². The summed E-state index contributed by atoms with van der Waals surface area (Å²) < 4.78 is 5.61. The number of hydrogen-bond donors (Lipinski definition) is 2. The molecular formula is C18H22N2O2. The van der Waals surface area contributed by atoms with Gasteiger partial charge in [0.1, 0.15) is 5.75 Å². The fraction of sp³-hybridized carbons (Fsp3) is 0.278. The van der Waals surface area contributed by atoms with E-state index in [4.69, 9.17) is 10.5 Å². The third kappa shape index (κ3) is 4.52. The van der Waals surface area contributed by atoms with Crippen LogP contribution >= 0.6 is 0 Å². The minimum absolute atomic E-state index is 0.147. The zero-order valence-corrected chi connectivity index (χ0v) is 13.0. The van der Waals surface area contributed by atoms with Gasteiger partial charge < -0.3 is 15.8 Å². The van der Waals surface area contributed by atoms with Gasteiger partial charge in [0, 0.05) is 12.1 Å². The van der Waals surface area contributed by atoms with E-state index in [-0.39, 0.29) is 5.91 Å². The molecule has 116 valence electrons. The van der Waals surface area contributed by atoms with Crippen LogP contribution in [-0.2, 0) is 6.54 Å². The second-order valence-corrected chi connectivity index (χ2v) is 5.63. The van der Waals surface area contributed by atoms with Crippen molar-refractivity contribution >= 4 is 11.6 Å². The molecule has 0 aliphatic rings. The molecular weight excluding hydrogens is 276 g/mol. The van der Waals surface area contributed by atoms with Crippen LogP contribution < -0.4 is 15.8 Å². The predicted molar refractivity (Wildman–Crippen MR) is 88.8 cm³/mol. The smallest absolute Gasteiger partial charge is 0.251 e. The van der Waals surface area contributed by atoms with Crippen LogP contribution in [0.3, 0.4) is 0 Å². The van der Waals surface area contributed by atoms with Crippen LogP contribution in [0.15, 0.2) is 48.5 Å². The molecule has 0 fully saturated rings. The minimum atomic E-state index is -0.147. The van der Waals surface area contributed by atoms with Crippen molar-refractivity contribution in [3.8, 4) is 5.75 Å². The standard InChI is InChI=1S/C18H22N2O2/c1-13(2)12-22-17-9-8-15(10-16(17)19)18(21)20-11-14-6-4-3-5-7-14/h3-10,13H,11-12,19H2,1-2H3,(H,20,21). The van der Waals surface area contributed by atoms with Crippen LogP contribution in [0.25, 0.3) is 0 Å². The Kier molecular flexibility index (Phi) is 5.42. The topological polar surface area (TPSA) is 64.3 Å². The lowest BCUT2D eigenvalue weighted by Crippen LogP contribution is -2.22. The van der Waals surface area contributed by atoms with Gasteiger partial charge in [-0.1, -0.05) is 44.2 Å². The van der Waals surface area contributed by atoms with E-state index in [0.717, 1.165) is 5.56 Å². The van der Waals surface area contributed by atoms with Crippen molar-refractivity contribution in [2.45, 2.75) is 20.4 Å². The molecule has 1 amide bonds. The third-order valence-electron chi connectivity index (χ3n) is 3.14. The molecule has 4 heteroatoms. The molecule has 3 N–H and O–H groups in total. The van der Waals surface area contributed by atoms with Crippen molar-refractivity contribution in [2.75, 3.05) is 12.3 Å². The third-order valence-corrected chi connectivity index (χ3v) is 3.14. The maximum atomic E-state index is 12.1. The summed E-state index contributed by atoms with van der Waals surface area (Å²) in [5.74, 6) is 0.896. The summed E-state index contributed by atoms with van der Waals surface area (Å²) in [7, 11) is 0. The fourth-order valence-corrected chi connectivity index (χ4v) is 1.96. The molecule has 0 bridgehead atoms. The lowest BCUT2D eigenvalue weighted by Gasteiger charge is -2.12. The van der Waals surface area contributed by atoms with Crippen molar-refractivity contribution < 1.29 is 9.53 Å². The molecule has 2 aromatic carbocycles. The number of amides is 1. The van der Waals surface area contributed by atoms with Gasteiger partial charge in [-0.05, 0) is 29.7 Å². The number of nitrogen functional groups attached to an aromatic ring is 1. The first-order chi connectivity index (χ1) is 10.6. The molecule has 4 nitrogen and oxygen atoms in total. The monoisotopic (exact) mass is 298 g/mol. The van der Waals surface area contributed by atoms with Gasteiger partial charge in [-0.2, -0.15) is 0 Å². The molecule has 0 spiro atoms. The molecule has 2 rings (SSSR count). The Morgan fingerprint density at radius 1 is 1.18 bits per heavy atom. The van der Waals surface area contributed by atoms with Crippen molar-refractivity contribution in [1.82, 2.24) is 5.32 Å². The molecule has 0 aromatic heterocycles. The second kappa shape index (κ2) is 7.50. The van der Waals surface area contributed by atoms with E-state index in [2.05, 4.69) is 19.2 Å². The number of nitrogens with two attached hydrogens (primary N) is 1. The van der Waals surface area contributed by atoms with Gasteiger partial charge in [0.25, 0.3) is 5.91 Å². The van der Waals surface area contributed by atoms with E-state index in [1.165, 1.54) is 0 Å². The Morgan fingerprint density at radius 2 is 1.91 bits per heavy atom. The first-order valence-corrected chi connectivity index (χ1v) is 7.40. The number of rotatable bonds is 6. The maximum Gasteiger partial charge on any atom is 0.251 e. The molecule has 0 aliphatic heterocycles. The molecule has 0 saturated carbocycles. The van der Waals surface area contributed by atoms with Gasteiger partial charge in [0.05, 0.1) is 12.3 Å². The van der Waals surface area contributed by atoms with Crippen LogP contribution in [0.5, 0.6) is 5.75 Å². The summed E-state index contributed by atoms with van der Waals surface area (Å²) in [4.78, 5) is 12.1. The molecule has 0 heterocycles. The van der Waals surface area contributed by atoms with E-state index in [1.807, 2.05) is 30.3 Å². The lowest BCUT2D eigenvalue weighted by molar-refractivity contribution is 0.0951. The summed E-state index contributed by atoms with van der Waals surface area (Å²) in [6, 6.07) is 14.9. The number of carbonyl (C=O) groups is 1. The van der Waals surface area contributed by atoms with Crippen molar-refractivity contribution in [1.29, 1.82) is 0 Å². The minimum Gasteiger partial charge on any atom is -0.491 e. The SMILES string of the molecule is CC(C)COc1ccc(C(=O)NCc2ccccc2)cc1N. The molecule has 0 unspecified atom stereocenters. The van der Waals surface area contributed by atoms with Gasteiger partial charge >= 0.3 is 0 Å². The van der Waals surface area contributed by atoms with Crippen LogP contribution in [0, 0.1) is 5.92 Å². The van der Waals surface area contributed by atoms with E-state index in [0.29, 0.717) is 36.1 Å². The number of nitrogens with one attached hydrogen (secondary N) is 1. The van der Waals surface area contributed by atoms with E-state index >= 15 is 0 Å². The highest BCUT2D eigenvalue weighted by Gasteiger charge is 2.09. The van der Waals surface area contributed by atoms with Gasteiger partial charge in [-0.3, -0.25) is 4.79 Å². The molecule has 0 radical (unpaired) electrons. The molecule has 22 heavy (non-hydrogen) atoms. The first-order valence-electron chi connectivity index (χ1n) is 7.40. The maximum absolute atomic E-state index is 12.1. The summed E-state index contributed by atoms with van der Waals surface area (Å²) >= 11 is 0. The number of hydrogen-bond acceptors (Lipinski definition) is 3. The summed E-state index contributed by atoms with van der Waals surface area (Å²) in [5.41, 5.74) is 8.02. The van der Waals surface area contributed by atoms with Crippen molar-refractivity contribution in [3.63, 3.8) is 0 Å². The van der Waals surface area contributed by atoms with Gasteiger partial charge in [-0.15, -0.1) is 0 Å². The van der Waals surface area contributed by atoms with Crippen LogP contribution in [-0.4, -0.2) is 12.5 Å². The van der Waals surface area contributed by atoms with Crippen molar-refractivity contribution in [2.24, 2.45) is 5.92 Å². The Hall–Kier alpha value is -2.49. The van der Waals surface area contributed by atoms with E-state index < -0.39 is 0 Å². The Labute approximate surface area is 131 Å². The molecule has 0 aliphatic carbocycles. The zero-order chi connectivity index (χ0) is 15.9. The number of benzene rings is 2. The van der Waals surface area contributed by atoms with Crippen LogP contribution in [0.4, 0.5) is 5.69 Å². The van der Waals surface area contributed by atoms with E-state index in [1.54, 1.807) is 18.2 Å². The van der Waals surface area contributed by atoms with Gasteiger partial charge in [-0.25, -0.2) is 0 Å². The van der Waals surface area contributed by atoms with Crippen LogP contribution in [0.1, 0.15) is 29.8 Å². The molecule has 0 saturated heterocycles. The highest BCUT2D eigenvalue weighted by Crippen LogP contribution is 2.23. The van der Waals surface area contributed by atoms with E-state index in [9.17, 15) is 4.79 Å². The summed E-state index contributed by atoms with van der Waals surface area (Å²) in [6.45, 7) is 5.23. The number of carbonyl (C=O) groups excluding carboxylic acids is 1. The molecule has 0 atom stereocenters. The average Bonchev–Trinajstić information content (AvgIpc) is 2.52. The van der Waals surface area contributed by atoms with Crippen molar-refractivity contribution in [3.05, 3.63) is 59.7 Å². The van der Waals surface area contributed by atoms with Crippen LogP contribution in [0.2, 0.25) is 0 Å². The number of anilines is 1. The summed E-state index contributed by atoms with van der Waals surface area (Å²) in [6.07, 6.45) is 0. The Bertz CT molecular complexity index is 624. The highest BCUT2D eigenvalue weighted by molar-refractivity contribution is 5.95. The normalized spacial score (nSPS) is 10.5. The second-order valence-electron chi connectivity index (χ2n) is 5.63. The zero-order valence-electron chi connectivity index (χ0n) is 13.0. The summed E-state index contributed by atoms with van der Waals surface area (Å²) in [5, 5.41) is 2.88. The lowest BCUT2D eigenvalue weighted by atomic mass is 10.1. The molecule has 2 aromatic rings. The quantitative estimate of drug-likeness (QED) is 0.805.